The number of ether oxygens (including phenoxy) is 1. The van der Waals surface area contributed by atoms with Gasteiger partial charge in [-0.15, -0.1) is 10.2 Å². The summed E-state index contributed by atoms with van der Waals surface area (Å²) in [6, 6.07) is 0. The van der Waals surface area contributed by atoms with Gasteiger partial charge in [0.2, 0.25) is 5.91 Å². The maximum atomic E-state index is 11.5. The zero-order chi connectivity index (χ0) is 14.9. The molecule has 0 aromatic carbocycles. The van der Waals surface area contributed by atoms with Gasteiger partial charge in [-0.05, 0) is 25.7 Å². The molecule has 1 fully saturated rings. The predicted octanol–water partition coefficient (Wildman–Crippen LogP) is 2.82. The van der Waals surface area contributed by atoms with Crippen molar-refractivity contribution in [1.82, 2.24) is 15.5 Å². The number of rotatable bonds is 8. The van der Waals surface area contributed by atoms with Crippen LogP contribution in [0, 0.1) is 0 Å². The number of hydrogen-bond acceptors (Lipinski definition) is 7. The third kappa shape index (κ3) is 6.54. The Morgan fingerprint density at radius 3 is 2.90 bits per heavy atom. The van der Waals surface area contributed by atoms with E-state index in [0.29, 0.717) is 11.9 Å². The Labute approximate surface area is 138 Å². The number of aromatic nitrogens is 2. The summed E-state index contributed by atoms with van der Waals surface area (Å²) in [5, 5.41) is 11.1. The zero-order valence-corrected chi connectivity index (χ0v) is 14.6. The standard InChI is InChI=1S/C13H21N3O2S3/c1-2-6-14-11(17)9-20-13-16-15-12(21-13)19-8-10-5-3-4-7-18-10/h10H,2-9H2,1H3,(H,14,17)/t10-/m1/s1. The van der Waals surface area contributed by atoms with Crippen molar-refractivity contribution in [3.05, 3.63) is 0 Å². The molecule has 0 bridgehead atoms. The molecule has 0 spiro atoms. The van der Waals surface area contributed by atoms with E-state index >= 15 is 0 Å². The first-order chi connectivity index (χ1) is 10.3. The largest absolute Gasteiger partial charge is 0.377 e. The number of carbonyl (C=O) groups excluding carboxylic acids is 1. The van der Waals surface area contributed by atoms with Crippen molar-refractivity contribution >= 4 is 40.8 Å². The van der Waals surface area contributed by atoms with Crippen molar-refractivity contribution < 1.29 is 9.53 Å². The number of amides is 1. The summed E-state index contributed by atoms with van der Waals surface area (Å²) in [6.07, 6.45) is 4.89. The fourth-order valence-corrected chi connectivity index (χ4v) is 4.80. The lowest BCUT2D eigenvalue weighted by atomic mass is 10.1. The van der Waals surface area contributed by atoms with E-state index in [2.05, 4.69) is 15.5 Å². The molecule has 0 unspecified atom stereocenters. The number of thioether (sulfide) groups is 2. The number of nitrogens with zero attached hydrogens (tertiary/aromatic N) is 2. The zero-order valence-electron chi connectivity index (χ0n) is 12.2. The van der Waals surface area contributed by atoms with Crippen molar-refractivity contribution in [2.75, 3.05) is 24.7 Å². The number of carbonyl (C=O) groups is 1. The molecule has 1 aromatic rings. The molecule has 2 rings (SSSR count). The van der Waals surface area contributed by atoms with E-state index in [1.165, 1.54) is 24.6 Å². The Hall–Kier alpha value is -0.310. The third-order valence-corrected chi connectivity index (χ3v) is 6.28. The quantitative estimate of drug-likeness (QED) is 0.730. The van der Waals surface area contributed by atoms with E-state index in [9.17, 15) is 4.79 Å². The summed E-state index contributed by atoms with van der Waals surface area (Å²) < 4.78 is 7.51. The highest BCUT2D eigenvalue weighted by Gasteiger charge is 2.15. The normalized spacial score (nSPS) is 18.6. The minimum atomic E-state index is 0.0573. The van der Waals surface area contributed by atoms with Gasteiger partial charge >= 0.3 is 0 Å². The minimum Gasteiger partial charge on any atom is -0.377 e. The summed E-state index contributed by atoms with van der Waals surface area (Å²) in [5.41, 5.74) is 0. The van der Waals surface area contributed by atoms with Crippen LogP contribution in [0.15, 0.2) is 8.68 Å². The van der Waals surface area contributed by atoms with E-state index in [-0.39, 0.29) is 5.91 Å². The van der Waals surface area contributed by atoms with Crippen LogP contribution in [0.4, 0.5) is 0 Å². The summed E-state index contributed by atoms with van der Waals surface area (Å²) in [6.45, 7) is 3.66. The van der Waals surface area contributed by atoms with Crippen LogP contribution in [0.2, 0.25) is 0 Å². The summed E-state index contributed by atoms with van der Waals surface area (Å²) >= 11 is 4.71. The molecule has 2 heterocycles. The summed E-state index contributed by atoms with van der Waals surface area (Å²) in [4.78, 5) is 11.5. The molecule has 1 saturated heterocycles. The van der Waals surface area contributed by atoms with Gasteiger partial charge in [-0.25, -0.2) is 0 Å². The molecule has 21 heavy (non-hydrogen) atoms. The molecule has 0 aliphatic carbocycles. The van der Waals surface area contributed by atoms with Crippen LogP contribution in [0.25, 0.3) is 0 Å². The molecule has 0 saturated carbocycles. The Morgan fingerprint density at radius 2 is 2.19 bits per heavy atom. The second-order valence-electron chi connectivity index (χ2n) is 4.77. The van der Waals surface area contributed by atoms with E-state index in [0.717, 1.165) is 40.4 Å². The first-order valence-electron chi connectivity index (χ1n) is 7.25. The Morgan fingerprint density at radius 1 is 1.38 bits per heavy atom. The molecule has 1 aliphatic heterocycles. The summed E-state index contributed by atoms with van der Waals surface area (Å²) in [7, 11) is 0. The predicted molar refractivity (Wildman–Crippen MR) is 88.2 cm³/mol. The van der Waals surface area contributed by atoms with Crippen molar-refractivity contribution in [2.45, 2.75) is 47.4 Å². The van der Waals surface area contributed by atoms with Crippen LogP contribution in [0.1, 0.15) is 32.6 Å². The molecule has 0 radical (unpaired) electrons. The Kier molecular flexibility index (Phi) is 7.84. The van der Waals surface area contributed by atoms with Gasteiger partial charge in [-0.2, -0.15) is 0 Å². The van der Waals surface area contributed by atoms with Gasteiger partial charge in [-0.3, -0.25) is 4.79 Å². The number of hydrogen-bond donors (Lipinski definition) is 1. The highest BCUT2D eigenvalue weighted by Crippen LogP contribution is 2.30. The molecule has 1 atom stereocenters. The molecular weight excluding hydrogens is 326 g/mol. The highest BCUT2D eigenvalue weighted by molar-refractivity contribution is 8.03. The molecule has 118 valence electrons. The van der Waals surface area contributed by atoms with Crippen LogP contribution in [0.5, 0.6) is 0 Å². The SMILES string of the molecule is CCCNC(=O)CSc1nnc(SC[C@H]2CCCCO2)s1. The van der Waals surface area contributed by atoms with E-state index in [4.69, 9.17) is 4.74 Å². The Balaban J connectivity index is 1.67. The fraction of sp³-hybridized carbons (Fsp3) is 0.769. The molecule has 8 heteroatoms. The van der Waals surface area contributed by atoms with Gasteiger partial charge in [0.1, 0.15) is 0 Å². The molecule has 1 amide bonds. The highest BCUT2D eigenvalue weighted by atomic mass is 32.2. The minimum absolute atomic E-state index is 0.0573. The average molecular weight is 348 g/mol. The third-order valence-electron chi connectivity index (χ3n) is 2.95. The van der Waals surface area contributed by atoms with E-state index in [1.54, 1.807) is 23.1 Å². The maximum absolute atomic E-state index is 11.5. The molecule has 1 aromatic heterocycles. The monoisotopic (exact) mass is 347 g/mol. The van der Waals surface area contributed by atoms with Crippen molar-refractivity contribution in [1.29, 1.82) is 0 Å². The second kappa shape index (κ2) is 9.66. The second-order valence-corrected chi connectivity index (χ2v) is 8.24. The van der Waals surface area contributed by atoms with Gasteiger partial charge in [0, 0.05) is 18.9 Å². The van der Waals surface area contributed by atoms with Crippen molar-refractivity contribution in [3.63, 3.8) is 0 Å². The van der Waals surface area contributed by atoms with Gasteiger partial charge in [0.05, 0.1) is 11.9 Å². The van der Waals surface area contributed by atoms with Crippen LogP contribution in [0.3, 0.4) is 0 Å². The lowest BCUT2D eigenvalue weighted by Crippen LogP contribution is -2.25. The van der Waals surface area contributed by atoms with Crippen molar-refractivity contribution in [2.24, 2.45) is 0 Å². The average Bonchev–Trinajstić information content (AvgIpc) is 2.98. The van der Waals surface area contributed by atoms with Gasteiger partial charge in [0.25, 0.3) is 0 Å². The number of nitrogens with one attached hydrogen (secondary N) is 1. The lowest BCUT2D eigenvalue weighted by Gasteiger charge is -2.21. The fourth-order valence-electron chi connectivity index (χ4n) is 1.86. The smallest absolute Gasteiger partial charge is 0.230 e. The topological polar surface area (TPSA) is 64.1 Å². The van der Waals surface area contributed by atoms with Crippen LogP contribution >= 0.6 is 34.9 Å². The van der Waals surface area contributed by atoms with Gasteiger partial charge in [0.15, 0.2) is 8.68 Å². The van der Waals surface area contributed by atoms with Crippen LogP contribution < -0.4 is 5.32 Å². The summed E-state index contributed by atoms with van der Waals surface area (Å²) in [5.74, 6) is 1.41. The Bertz CT molecular complexity index is 436. The van der Waals surface area contributed by atoms with Crippen molar-refractivity contribution in [3.8, 4) is 0 Å². The lowest BCUT2D eigenvalue weighted by molar-refractivity contribution is -0.118. The van der Waals surface area contributed by atoms with Crippen LogP contribution in [-0.2, 0) is 9.53 Å². The van der Waals surface area contributed by atoms with Gasteiger partial charge < -0.3 is 10.1 Å². The first kappa shape index (κ1) is 17.1. The van der Waals surface area contributed by atoms with Crippen LogP contribution in [-0.4, -0.2) is 46.9 Å². The molecule has 1 aliphatic rings. The first-order valence-corrected chi connectivity index (χ1v) is 10.0. The maximum Gasteiger partial charge on any atom is 0.230 e. The van der Waals surface area contributed by atoms with E-state index in [1.807, 2.05) is 6.92 Å². The van der Waals surface area contributed by atoms with Gasteiger partial charge in [-0.1, -0.05) is 41.8 Å². The van der Waals surface area contributed by atoms with E-state index < -0.39 is 0 Å². The molecule has 5 nitrogen and oxygen atoms in total. The molecular formula is C13H21N3O2S3. The molecule has 1 N–H and O–H groups in total.